The molecule has 0 bridgehead atoms. The van der Waals surface area contributed by atoms with E-state index in [-0.39, 0.29) is 0 Å². The van der Waals surface area contributed by atoms with E-state index < -0.39 is 17.8 Å². The van der Waals surface area contributed by atoms with E-state index in [1.54, 1.807) is 24.3 Å². The number of primary amides is 1. The van der Waals surface area contributed by atoms with E-state index in [1.165, 1.54) is 12.1 Å². The van der Waals surface area contributed by atoms with Crippen LogP contribution < -0.4 is 10.5 Å². The van der Waals surface area contributed by atoms with Gasteiger partial charge in [-0.1, -0.05) is 24.3 Å². The Balaban J connectivity index is 1.84. The Bertz CT molecular complexity index is 649. The van der Waals surface area contributed by atoms with Gasteiger partial charge in [0.05, 0.1) is 5.56 Å². The number of halogens is 3. The summed E-state index contributed by atoms with van der Waals surface area (Å²) >= 11 is 0. The van der Waals surface area contributed by atoms with Crippen molar-refractivity contribution >= 4 is 6.09 Å². The van der Waals surface area contributed by atoms with E-state index >= 15 is 0 Å². The van der Waals surface area contributed by atoms with E-state index in [1.807, 2.05) is 6.42 Å². The maximum Gasteiger partial charge on any atom is 0.416 e. The highest BCUT2D eigenvalue weighted by molar-refractivity contribution is 5.68. The number of carbonyl (C=O) groups excluding carboxylic acids is 1. The van der Waals surface area contributed by atoms with Crippen molar-refractivity contribution in [1.29, 1.82) is 0 Å². The number of hydrogen-bond acceptors (Lipinski definition) is 2. The van der Waals surface area contributed by atoms with Gasteiger partial charge in [-0.3, -0.25) is 0 Å². The fraction of sp³-hybridized carbons (Fsp3) is 0.176. The zero-order chi connectivity index (χ0) is 16.9. The molecule has 1 radical (unpaired) electrons. The van der Waals surface area contributed by atoms with Gasteiger partial charge in [0.15, 0.2) is 0 Å². The van der Waals surface area contributed by atoms with Crippen molar-refractivity contribution in [2.24, 2.45) is 5.73 Å². The number of carbonyl (C=O) groups is 1. The topological polar surface area (TPSA) is 52.3 Å². The predicted molar refractivity (Wildman–Crippen MR) is 79.8 cm³/mol. The lowest BCUT2D eigenvalue weighted by Gasteiger charge is -2.08. The molecule has 23 heavy (non-hydrogen) atoms. The number of benzene rings is 2. The van der Waals surface area contributed by atoms with Crippen LogP contribution in [-0.4, -0.2) is 6.09 Å². The summed E-state index contributed by atoms with van der Waals surface area (Å²) in [5.41, 5.74) is 6.02. The van der Waals surface area contributed by atoms with E-state index in [2.05, 4.69) is 0 Å². The Labute approximate surface area is 131 Å². The minimum absolute atomic E-state index is 0.359. The van der Waals surface area contributed by atoms with Crippen LogP contribution in [0.2, 0.25) is 0 Å². The molecule has 3 nitrogen and oxygen atoms in total. The monoisotopic (exact) mass is 322 g/mol. The normalized spacial score (nSPS) is 11.3. The van der Waals surface area contributed by atoms with Crippen LogP contribution in [-0.2, 0) is 12.6 Å². The molecule has 0 aliphatic heterocycles. The quantitative estimate of drug-likeness (QED) is 0.890. The highest BCUT2D eigenvalue weighted by Crippen LogP contribution is 2.29. The first-order valence-electron chi connectivity index (χ1n) is 6.91. The molecule has 0 saturated carbocycles. The van der Waals surface area contributed by atoms with Crippen molar-refractivity contribution in [3.8, 4) is 5.75 Å². The second-order valence-electron chi connectivity index (χ2n) is 4.93. The molecule has 121 valence electrons. The van der Waals surface area contributed by atoms with Crippen LogP contribution in [0.15, 0.2) is 48.5 Å². The van der Waals surface area contributed by atoms with Gasteiger partial charge in [0.1, 0.15) is 5.75 Å². The van der Waals surface area contributed by atoms with Crippen LogP contribution in [0.1, 0.15) is 23.1 Å². The summed E-state index contributed by atoms with van der Waals surface area (Å²) in [5.74, 6) is 0.359. The molecular weight excluding hydrogens is 307 g/mol. The molecule has 0 heterocycles. The fourth-order valence-corrected chi connectivity index (χ4v) is 2.05. The average molecular weight is 322 g/mol. The van der Waals surface area contributed by atoms with E-state index in [0.29, 0.717) is 18.6 Å². The summed E-state index contributed by atoms with van der Waals surface area (Å²) in [4.78, 5) is 10.6. The molecule has 0 unspecified atom stereocenters. The van der Waals surface area contributed by atoms with Gasteiger partial charge in [0.2, 0.25) is 0 Å². The first-order valence-corrected chi connectivity index (χ1v) is 6.91. The molecule has 0 fully saturated rings. The molecule has 2 N–H and O–H groups in total. The van der Waals surface area contributed by atoms with Crippen LogP contribution in [0.25, 0.3) is 0 Å². The third-order valence-electron chi connectivity index (χ3n) is 3.19. The minimum Gasteiger partial charge on any atom is -0.411 e. The molecule has 0 aliphatic rings. The smallest absolute Gasteiger partial charge is 0.411 e. The Hall–Kier alpha value is -2.50. The van der Waals surface area contributed by atoms with Crippen LogP contribution >= 0.6 is 0 Å². The van der Waals surface area contributed by atoms with Gasteiger partial charge in [-0.2, -0.15) is 13.2 Å². The predicted octanol–water partition coefficient (Wildman–Crippen LogP) is 4.35. The molecule has 2 aromatic rings. The van der Waals surface area contributed by atoms with Gasteiger partial charge in [-0.25, -0.2) is 4.79 Å². The Morgan fingerprint density at radius 2 is 1.65 bits per heavy atom. The molecule has 0 aromatic heterocycles. The van der Waals surface area contributed by atoms with E-state index in [4.69, 9.17) is 10.5 Å². The van der Waals surface area contributed by atoms with Gasteiger partial charge in [0.25, 0.3) is 0 Å². The van der Waals surface area contributed by atoms with Gasteiger partial charge < -0.3 is 10.5 Å². The number of ether oxygens (including phenoxy) is 1. The lowest BCUT2D eigenvalue weighted by molar-refractivity contribution is -0.137. The second-order valence-corrected chi connectivity index (χ2v) is 4.93. The van der Waals surface area contributed by atoms with Crippen LogP contribution in [0.3, 0.4) is 0 Å². The summed E-state index contributed by atoms with van der Waals surface area (Å²) in [6.45, 7) is 0. The Morgan fingerprint density at radius 3 is 2.17 bits per heavy atom. The van der Waals surface area contributed by atoms with Crippen molar-refractivity contribution in [2.45, 2.75) is 19.0 Å². The van der Waals surface area contributed by atoms with Crippen molar-refractivity contribution < 1.29 is 22.7 Å². The maximum atomic E-state index is 12.5. The number of rotatable bonds is 5. The molecule has 0 atom stereocenters. The first-order chi connectivity index (χ1) is 10.8. The highest BCUT2D eigenvalue weighted by atomic mass is 19.4. The molecular formula is C17H15F3NO2. The summed E-state index contributed by atoms with van der Waals surface area (Å²) in [7, 11) is 0. The summed E-state index contributed by atoms with van der Waals surface area (Å²) in [6.07, 6.45) is -1.91. The number of hydrogen-bond donors (Lipinski definition) is 1. The molecule has 2 rings (SSSR count). The molecule has 0 spiro atoms. The Kier molecular flexibility index (Phi) is 5.26. The van der Waals surface area contributed by atoms with Crippen LogP contribution in [0.5, 0.6) is 5.75 Å². The van der Waals surface area contributed by atoms with Gasteiger partial charge in [-0.05, 0) is 54.7 Å². The molecule has 6 heteroatoms. The zero-order valence-corrected chi connectivity index (χ0v) is 12.1. The number of aryl methyl sites for hydroxylation is 1. The average Bonchev–Trinajstić information content (AvgIpc) is 2.48. The third kappa shape index (κ3) is 5.32. The first kappa shape index (κ1) is 16.9. The summed E-state index contributed by atoms with van der Waals surface area (Å²) in [6, 6.07) is 11.9. The van der Waals surface area contributed by atoms with Crippen molar-refractivity contribution in [2.75, 3.05) is 0 Å². The van der Waals surface area contributed by atoms with Gasteiger partial charge in [-0.15, -0.1) is 0 Å². The van der Waals surface area contributed by atoms with Crippen LogP contribution in [0.4, 0.5) is 18.0 Å². The standard InChI is InChI=1S/C17H15F3NO2/c18-17(19,20)14-8-4-12(5-9-14)2-1-3-13-6-10-15(11-7-13)23-16(21)22/h3-11H,1-2H2,(H2,21,22). The molecule has 0 aliphatic carbocycles. The summed E-state index contributed by atoms with van der Waals surface area (Å²) in [5, 5.41) is 0. The van der Waals surface area contributed by atoms with Gasteiger partial charge in [0, 0.05) is 0 Å². The van der Waals surface area contributed by atoms with Crippen LogP contribution in [0, 0.1) is 6.42 Å². The summed E-state index contributed by atoms with van der Waals surface area (Å²) < 4.78 is 42.1. The Morgan fingerprint density at radius 1 is 1.04 bits per heavy atom. The lowest BCUT2D eigenvalue weighted by atomic mass is 10.0. The van der Waals surface area contributed by atoms with Crippen molar-refractivity contribution in [3.05, 3.63) is 71.6 Å². The highest BCUT2D eigenvalue weighted by Gasteiger charge is 2.29. The molecule has 0 saturated heterocycles. The maximum absolute atomic E-state index is 12.5. The number of alkyl halides is 3. The third-order valence-corrected chi connectivity index (χ3v) is 3.19. The number of nitrogens with two attached hydrogens (primary N) is 1. The second kappa shape index (κ2) is 7.17. The SMILES string of the molecule is NC(=O)Oc1ccc([CH]CCc2ccc(C(F)(F)F)cc2)cc1. The van der Waals surface area contributed by atoms with Crippen molar-refractivity contribution in [1.82, 2.24) is 0 Å². The number of amides is 1. The molecule has 1 amide bonds. The van der Waals surface area contributed by atoms with Gasteiger partial charge >= 0.3 is 12.3 Å². The van der Waals surface area contributed by atoms with E-state index in [9.17, 15) is 18.0 Å². The van der Waals surface area contributed by atoms with E-state index in [0.717, 1.165) is 23.3 Å². The fourth-order valence-electron chi connectivity index (χ4n) is 2.05. The minimum atomic E-state index is -4.31. The van der Waals surface area contributed by atoms with Crippen molar-refractivity contribution in [3.63, 3.8) is 0 Å². The largest absolute Gasteiger partial charge is 0.416 e. The lowest BCUT2D eigenvalue weighted by Crippen LogP contribution is -2.16. The zero-order valence-electron chi connectivity index (χ0n) is 12.1. The molecule has 2 aromatic carbocycles.